The molecule has 0 aromatic rings. The summed E-state index contributed by atoms with van der Waals surface area (Å²) in [5.74, 6) is 2.41. The Morgan fingerprint density at radius 2 is 2.25 bits per heavy atom. The van der Waals surface area contributed by atoms with Crippen LogP contribution in [0.15, 0.2) is 24.3 Å². The zero-order valence-corrected chi connectivity index (χ0v) is 5.09. The van der Waals surface area contributed by atoms with Crippen molar-refractivity contribution in [3.05, 3.63) is 24.3 Å². The Labute approximate surface area is 50.9 Å². The lowest BCUT2D eigenvalue weighted by atomic mass is 10.3. The molecule has 0 heteroatoms. The summed E-state index contributed by atoms with van der Waals surface area (Å²) in [5, 5.41) is 0. The molecule has 0 aliphatic carbocycles. The van der Waals surface area contributed by atoms with Gasteiger partial charge < -0.3 is 0 Å². The van der Waals surface area contributed by atoms with Gasteiger partial charge in [-0.2, -0.15) is 0 Å². The summed E-state index contributed by atoms with van der Waals surface area (Å²) in [4.78, 5) is 0. The van der Waals surface area contributed by atoms with Crippen molar-refractivity contribution in [1.82, 2.24) is 0 Å². The second-order valence-corrected chi connectivity index (χ2v) is 1.37. The van der Waals surface area contributed by atoms with Crippen LogP contribution in [0.4, 0.5) is 0 Å². The summed E-state index contributed by atoms with van der Waals surface area (Å²) in [6, 6.07) is 0. The fraction of sp³-hybridized carbons (Fsp3) is 0.250. The number of rotatable bonds is 2. The fourth-order valence-corrected chi connectivity index (χ4v) is 0.351. The van der Waals surface area contributed by atoms with Gasteiger partial charge in [-0.1, -0.05) is 24.1 Å². The molecule has 0 atom stereocenters. The molecule has 0 amide bonds. The Morgan fingerprint density at radius 3 is 2.75 bits per heavy atom. The molecule has 0 N–H and O–H groups in total. The van der Waals surface area contributed by atoms with Crippen LogP contribution in [0.5, 0.6) is 0 Å². The molecule has 0 saturated heterocycles. The molecule has 0 bridgehead atoms. The van der Waals surface area contributed by atoms with E-state index in [-0.39, 0.29) is 0 Å². The van der Waals surface area contributed by atoms with Gasteiger partial charge in [0, 0.05) is 0 Å². The lowest BCUT2D eigenvalue weighted by Gasteiger charge is -1.73. The standard InChI is InChI=1S/C8H10/c1-3-5-7-8-6-4-2/h1,4-7H,8H2,2H3/b6-4+,7-5-. The van der Waals surface area contributed by atoms with Gasteiger partial charge in [0.15, 0.2) is 0 Å². The molecule has 0 nitrogen and oxygen atoms in total. The van der Waals surface area contributed by atoms with Crippen molar-refractivity contribution < 1.29 is 0 Å². The minimum atomic E-state index is 0.945. The van der Waals surface area contributed by atoms with Gasteiger partial charge in [-0.05, 0) is 19.4 Å². The highest BCUT2D eigenvalue weighted by Crippen LogP contribution is 1.82. The maximum atomic E-state index is 4.95. The van der Waals surface area contributed by atoms with Crippen LogP contribution in [0.3, 0.4) is 0 Å². The van der Waals surface area contributed by atoms with Crippen LogP contribution >= 0.6 is 0 Å². The van der Waals surface area contributed by atoms with E-state index in [4.69, 9.17) is 6.42 Å². The lowest BCUT2D eigenvalue weighted by molar-refractivity contribution is 1.38. The minimum absolute atomic E-state index is 0.945. The molecule has 0 unspecified atom stereocenters. The van der Waals surface area contributed by atoms with Gasteiger partial charge >= 0.3 is 0 Å². The Balaban J connectivity index is 3.20. The third kappa shape index (κ3) is 5.04. The van der Waals surface area contributed by atoms with Crippen molar-refractivity contribution in [3.63, 3.8) is 0 Å². The predicted octanol–water partition coefficient (Wildman–Crippen LogP) is 2.14. The average Bonchev–Trinajstić information content (AvgIpc) is 1.81. The third-order valence-electron chi connectivity index (χ3n) is 0.722. The Hall–Kier alpha value is -0.960. The molecule has 0 aromatic carbocycles. The summed E-state index contributed by atoms with van der Waals surface area (Å²) >= 11 is 0. The highest BCUT2D eigenvalue weighted by molar-refractivity contribution is 5.09. The van der Waals surface area contributed by atoms with Crippen LogP contribution in [0.2, 0.25) is 0 Å². The first-order chi connectivity index (χ1) is 3.91. The number of hydrogen-bond acceptors (Lipinski definition) is 0. The summed E-state index contributed by atoms with van der Waals surface area (Å²) in [5.41, 5.74) is 0. The second-order valence-electron chi connectivity index (χ2n) is 1.37. The first kappa shape index (κ1) is 7.04. The zero-order valence-electron chi connectivity index (χ0n) is 5.09. The monoisotopic (exact) mass is 106 g/mol. The maximum Gasteiger partial charge on any atom is -0.0158 e. The van der Waals surface area contributed by atoms with Crippen molar-refractivity contribution in [2.45, 2.75) is 13.3 Å². The SMILES string of the molecule is C#C/C=C\C/C=C/C. The van der Waals surface area contributed by atoms with E-state index in [1.165, 1.54) is 0 Å². The van der Waals surface area contributed by atoms with Crippen molar-refractivity contribution >= 4 is 0 Å². The van der Waals surface area contributed by atoms with E-state index in [9.17, 15) is 0 Å². The van der Waals surface area contributed by atoms with E-state index in [0.29, 0.717) is 0 Å². The zero-order chi connectivity index (χ0) is 6.24. The van der Waals surface area contributed by atoms with Gasteiger partial charge in [-0.15, -0.1) is 6.42 Å². The van der Waals surface area contributed by atoms with Crippen LogP contribution in [0, 0.1) is 12.3 Å². The highest BCUT2D eigenvalue weighted by Gasteiger charge is 1.63. The quantitative estimate of drug-likeness (QED) is 0.373. The first-order valence-corrected chi connectivity index (χ1v) is 2.64. The fourth-order valence-electron chi connectivity index (χ4n) is 0.351. The number of terminal acetylenes is 1. The lowest BCUT2D eigenvalue weighted by Crippen LogP contribution is -1.53. The van der Waals surface area contributed by atoms with E-state index in [2.05, 4.69) is 5.92 Å². The molecule has 0 heterocycles. The van der Waals surface area contributed by atoms with E-state index in [1.54, 1.807) is 6.08 Å². The van der Waals surface area contributed by atoms with E-state index in [0.717, 1.165) is 6.42 Å². The molecule has 0 radical (unpaired) electrons. The Morgan fingerprint density at radius 1 is 1.50 bits per heavy atom. The predicted molar refractivity (Wildman–Crippen MR) is 37.4 cm³/mol. The van der Waals surface area contributed by atoms with E-state index < -0.39 is 0 Å². The van der Waals surface area contributed by atoms with E-state index in [1.807, 2.05) is 25.2 Å². The van der Waals surface area contributed by atoms with Crippen molar-refractivity contribution in [2.75, 3.05) is 0 Å². The first-order valence-electron chi connectivity index (χ1n) is 2.64. The summed E-state index contributed by atoms with van der Waals surface area (Å²) < 4.78 is 0. The topological polar surface area (TPSA) is 0 Å². The molecule has 0 saturated carbocycles. The van der Waals surface area contributed by atoms with Crippen molar-refractivity contribution in [3.8, 4) is 12.3 Å². The molecule has 0 aliphatic heterocycles. The minimum Gasteiger partial charge on any atom is -0.115 e. The molecule has 8 heavy (non-hydrogen) atoms. The number of allylic oxidation sites excluding steroid dienone is 4. The van der Waals surface area contributed by atoms with Crippen LogP contribution < -0.4 is 0 Å². The molecule has 0 fully saturated rings. The molecule has 0 aromatic heterocycles. The van der Waals surface area contributed by atoms with Crippen LogP contribution in [-0.4, -0.2) is 0 Å². The van der Waals surface area contributed by atoms with Gasteiger partial charge in [0.25, 0.3) is 0 Å². The van der Waals surface area contributed by atoms with Crippen molar-refractivity contribution in [1.29, 1.82) is 0 Å². The second kappa shape index (κ2) is 6.04. The third-order valence-corrected chi connectivity index (χ3v) is 0.722. The average molecular weight is 106 g/mol. The van der Waals surface area contributed by atoms with Gasteiger partial charge in [-0.3, -0.25) is 0 Å². The molecular weight excluding hydrogens is 96.1 g/mol. The Bertz CT molecular complexity index is 121. The maximum absolute atomic E-state index is 4.95. The van der Waals surface area contributed by atoms with Crippen LogP contribution in [0.1, 0.15) is 13.3 Å². The molecular formula is C8H10. The van der Waals surface area contributed by atoms with Gasteiger partial charge in [0.1, 0.15) is 0 Å². The number of hydrogen-bond donors (Lipinski definition) is 0. The largest absolute Gasteiger partial charge is 0.115 e. The van der Waals surface area contributed by atoms with E-state index >= 15 is 0 Å². The van der Waals surface area contributed by atoms with Gasteiger partial charge in [-0.25, -0.2) is 0 Å². The van der Waals surface area contributed by atoms with Crippen LogP contribution in [0.25, 0.3) is 0 Å². The summed E-state index contributed by atoms with van der Waals surface area (Å²) in [6.07, 6.45) is 13.6. The molecule has 0 rings (SSSR count). The molecule has 42 valence electrons. The summed E-state index contributed by atoms with van der Waals surface area (Å²) in [6.45, 7) is 1.99. The van der Waals surface area contributed by atoms with Crippen molar-refractivity contribution in [2.24, 2.45) is 0 Å². The van der Waals surface area contributed by atoms with Gasteiger partial charge in [0.05, 0.1) is 0 Å². The molecule has 0 aliphatic rings. The smallest absolute Gasteiger partial charge is 0.0158 e. The van der Waals surface area contributed by atoms with Gasteiger partial charge in [0.2, 0.25) is 0 Å². The molecule has 0 spiro atoms. The normalized spacial score (nSPS) is 10.5. The van der Waals surface area contributed by atoms with Crippen LogP contribution in [-0.2, 0) is 0 Å². The Kier molecular flexibility index (Phi) is 5.32. The summed E-state index contributed by atoms with van der Waals surface area (Å²) in [7, 11) is 0. The highest BCUT2D eigenvalue weighted by atomic mass is 13.7.